The van der Waals surface area contributed by atoms with E-state index in [2.05, 4.69) is 21.2 Å². The van der Waals surface area contributed by atoms with Gasteiger partial charge in [-0.05, 0) is 24.1 Å². The third-order valence-corrected chi connectivity index (χ3v) is 3.43. The van der Waals surface area contributed by atoms with Gasteiger partial charge in [0.25, 0.3) is 11.6 Å². The molecule has 7 heteroatoms. The second kappa shape index (κ2) is 6.53. The molecule has 0 radical (unpaired) electrons. The van der Waals surface area contributed by atoms with E-state index in [1.54, 1.807) is 7.05 Å². The van der Waals surface area contributed by atoms with E-state index in [1.165, 1.54) is 22.4 Å². The van der Waals surface area contributed by atoms with Crippen molar-refractivity contribution >= 4 is 33.2 Å². The smallest absolute Gasteiger partial charge is 0.287 e. The highest BCUT2D eigenvalue weighted by Gasteiger charge is 2.17. The lowest BCUT2D eigenvalue weighted by molar-refractivity contribution is -0.384. The lowest BCUT2D eigenvalue weighted by Crippen LogP contribution is -2.15. The van der Waals surface area contributed by atoms with Crippen LogP contribution in [0.3, 0.4) is 0 Å². The van der Waals surface area contributed by atoms with Crippen LogP contribution >= 0.6 is 15.9 Å². The average Bonchev–Trinajstić information content (AvgIpc) is 2.84. The number of alkyl halides is 1. The van der Waals surface area contributed by atoms with Gasteiger partial charge in [-0.25, -0.2) is 0 Å². The Morgan fingerprint density at radius 3 is 2.57 bits per heavy atom. The molecule has 110 valence electrons. The first-order valence-corrected chi connectivity index (χ1v) is 7.40. The number of aryl methyl sites for hydroxylation is 2. The highest BCUT2D eigenvalue weighted by molar-refractivity contribution is 9.09. The van der Waals surface area contributed by atoms with E-state index in [9.17, 15) is 14.9 Å². The number of rotatable bonds is 5. The van der Waals surface area contributed by atoms with Crippen molar-refractivity contribution in [2.24, 2.45) is 7.05 Å². The van der Waals surface area contributed by atoms with Crippen molar-refractivity contribution in [2.75, 3.05) is 10.6 Å². The molecule has 1 N–H and O–H groups in total. The summed E-state index contributed by atoms with van der Waals surface area (Å²) in [7, 11) is 1.60. The van der Waals surface area contributed by atoms with Crippen LogP contribution in [-0.4, -0.2) is 20.7 Å². The summed E-state index contributed by atoms with van der Waals surface area (Å²) in [6.07, 6.45) is 2.23. The second-order valence-corrected chi connectivity index (χ2v) is 5.33. The predicted molar refractivity (Wildman–Crippen MR) is 84.0 cm³/mol. The molecule has 0 unspecified atom stereocenters. The number of anilines is 1. The van der Waals surface area contributed by atoms with Crippen molar-refractivity contribution in [1.82, 2.24) is 4.57 Å². The van der Waals surface area contributed by atoms with E-state index in [0.29, 0.717) is 5.69 Å². The highest BCUT2D eigenvalue weighted by Crippen LogP contribution is 2.17. The Kier molecular flexibility index (Phi) is 4.74. The van der Waals surface area contributed by atoms with Crippen LogP contribution in [0, 0.1) is 10.1 Å². The summed E-state index contributed by atoms with van der Waals surface area (Å²) >= 11 is 3.37. The van der Waals surface area contributed by atoms with Crippen molar-refractivity contribution < 1.29 is 9.72 Å². The minimum absolute atomic E-state index is 0.102. The SMILES string of the molecule is Cn1cc([N+](=O)[O-])cc1C(=O)Nc1ccc(CCBr)cc1. The number of amides is 1. The van der Waals surface area contributed by atoms with E-state index in [4.69, 9.17) is 0 Å². The topological polar surface area (TPSA) is 77.2 Å². The Morgan fingerprint density at radius 1 is 1.38 bits per heavy atom. The highest BCUT2D eigenvalue weighted by atomic mass is 79.9. The van der Waals surface area contributed by atoms with Crippen LogP contribution in [0.4, 0.5) is 11.4 Å². The van der Waals surface area contributed by atoms with Gasteiger partial charge >= 0.3 is 0 Å². The minimum atomic E-state index is -0.522. The van der Waals surface area contributed by atoms with Crippen LogP contribution in [0.5, 0.6) is 0 Å². The van der Waals surface area contributed by atoms with Crippen molar-refractivity contribution in [3.05, 3.63) is 57.9 Å². The van der Waals surface area contributed by atoms with Crippen LogP contribution in [0.25, 0.3) is 0 Å². The molecule has 0 atom stereocenters. The Hall–Kier alpha value is -2.15. The molecule has 2 rings (SSSR count). The molecule has 0 saturated carbocycles. The van der Waals surface area contributed by atoms with Gasteiger partial charge in [-0.2, -0.15) is 0 Å². The first-order chi connectivity index (χ1) is 10.0. The summed E-state index contributed by atoms with van der Waals surface area (Å²) in [4.78, 5) is 22.3. The Labute approximate surface area is 130 Å². The largest absolute Gasteiger partial charge is 0.340 e. The van der Waals surface area contributed by atoms with Gasteiger partial charge in [0.2, 0.25) is 0 Å². The number of carbonyl (C=O) groups is 1. The summed E-state index contributed by atoms with van der Waals surface area (Å²) in [5, 5.41) is 14.3. The standard InChI is InChI=1S/C14H14BrN3O3/c1-17-9-12(18(20)21)8-13(17)14(19)16-11-4-2-10(3-5-11)6-7-15/h2-5,8-9H,6-7H2,1H3,(H,16,19). The quantitative estimate of drug-likeness (QED) is 0.510. The minimum Gasteiger partial charge on any atom is -0.340 e. The van der Waals surface area contributed by atoms with E-state index in [-0.39, 0.29) is 17.3 Å². The molecule has 1 amide bonds. The van der Waals surface area contributed by atoms with Gasteiger partial charge in [-0.15, -0.1) is 0 Å². The Morgan fingerprint density at radius 2 is 2.05 bits per heavy atom. The Bertz CT molecular complexity index is 665. The average molecular weight is 352 g/mol. The van der Waals surface area contributed by atoms with Crippen LogP contribution < -0.4 is 5.32 Å². The molecule has 0 bridgehead atoms. The lowest BCUT2D eigenvalue weighted by Gasteiger charge is -2.06. The number of halogens is 1. The monoisotopic (exact) mass is 351 g/mol. The van der Waals surface area contributed by atoms with Gasteiger partial charge < -0.3 is 9.88 Å². The maximum atomic E-state index is 12.1. The number of nitro groups is 1. The summed E-state index contributed by atoms with van der Waals surface area (Å²) in [5.74, 6) is -0.376. The van der Waals surface area contributed by atoms with Crippen LogP contribution in [0.15, 0.2) is 36.5 Å². The molecule has 0 aliphatic heterocycles. The number of benzene rings is 1. The summed E-state index contributed by atoms with van der Waals surface area (Å²) in [6.45, 7) is 0. The molecule has 0 fully saturated rings. The molecule has 2 aromatic rings. The Balaban J connectivity index is 2.12. The first kappa shape index (κ1) is 15.2. The van der Waals surface area contributed by atoms with E-state index < -0.39 is 4.92 Å². The third-order valence-electron chi connectivity index (χ3n) is 3.03. The molecule has 1 aromatic carbocycles. The van der Waals surface area contributed by atoms with Crippen LogP contribution in [-0.2, 0) is 13.5 Å². The molecule has 6 nitrogen and oxygen atoms in total. The van der Waals surface area contributed by atoms with Crippen molar-refractivity contribution in [2.45, 2.75) is 6.42 Å². The fourth-order valence-corrected chi connectivity index (χ4v) is 2.39. The van der Waals surface area contributed by atoms with Crippen molar-refractivity contribution in [3.8, 4) is 0 Å². The molecule has 0 aliphatic carbocycles. The first-order valence-electron chi connectivity index (χ1n) is 6.28. The number of hydrogen-bond donors (Lipinski definition) is 1. The molecule has 0 saturated heterocycles. The molecule has 1 aromatic heterocycles. The van der Waals surface area contributed by atoms with Crippen LogP contribution in [0.2, 0.25) is 0 Å². The van der Waals surface area contributed by atoms with Gasteiger partial charge in [0.1, 0.15) is 5.69 Å². The number of aromatic nitrogens is 1. The lowest BCUT2D eigenvalue weighted by atomic mass is 10.1. The number of nitrogens with one attached hydrogen (secondary N) is 1. The van der Waals surface area contributed by atoms with Crippen molar-refractivity contribution in [3.63, 3.8) is 0 Å². The second-order valence-electron chi connectivity index (χ2n) is 4.54. The number of nitrogens with zero attached hydrogens (tertiary/aromatic N) is 2. The van der Waals surface area contributed by atoms with E-state index in [1.807, 2.05) is 24.3 Å². The third kappa shape index (κ3) is 3.69. The zero-order chi connectivity index (χ0) is 15.4. The van der Waals surface area contributed by atoms with E-state index in [0.717, 1.165) is 11.8 Å². The van der Waals surface area contributed by atoms with Gasteiger partial charge in [-0.1, -0.05) is 28.1 Å². The normalized spacial score (nSPS) is 10.4. The van der Waals surface area contributed by atoms with Crippen molar-refractivity contribution in [1.29, 1.82) is 0 Å². The van der Waals surface area contributed by atoms with Gasteiger partial charge in [0, 0.05) is 24.1 Å². The molecule has 0 aliphatic rings. The fraction of sp³-hybridized carbons (Fsp3) is 0.214. The molecule has 0 spiro atoms. The van der Waals surface area contributed by atoms with Gasteiger partial charge in [0.05, 0.1) is 11.1 Å². The van der Waals surface area contributed by atoms with Gasteiger partial charge in [0.15, 0.2) is 0 Å². The predicted octanol–water partition coefficient (Wildman–Crippen LogP) is 3.12. The molecule has 1 heterocycles. The fourth-order valence-electron chi connectivity index (χ4n) is 1.93. The maximum Gasteiger partial charge on any atom is 0.287 e. The molecule has 21 heavy (non-hydrogen) atoms. The molecular formula is C14H14BrN3O3. The zero-order valence-electron chi connectivity index (χ0n) is 11.4. The van der Waals surface area contributed by atoms with Crippen LogP contribution in [0.1, 0.15) is 16.1 Å². The zero-order valence-corrected chi connectivity index (χ0v) is 13.0. The summed E-state index contributed by atoms with van der Waals surface area (Å²) in [6, 6.07) is 8.75. The molecular weight excluding hydrogens is 338 g/mol. The number of hydrogen-bond acceptors (Lipinski definition) is 3. The summed E-state index contributed by atoms with van der Waals surface area (Å²) in [5.41, 5.74) is 1.96. The van der Waals surface area contributed by atoms with Gasteiger partial charge in [-0.3, -0.25) is 14.9 Å². The number of carbonyl (C=O) groups excluding carboxylic acids is 1. The maximum absolute atomic E-state index is 12.1. The summed E-state index contributed by atoms with van der Waals surface area (Å²) < 4.78 is 1.44. The van der Waals surface area contributed by atoms with E-state index >= 15 is 0 Å².